The van der Waals surface area contributed by atoms with Crippen molar-refractivity contribution < 1.29 is 28.3 Å². The summed E-state index contributed by atoms with van der Waals surface area (Å²) >= 11 is 0. The van der Waals surface area contributed by atoms with Gasteiger partial charge < -0.3 is 28.6 Å². The Kier molecular flexibility index (Phi) is 6.86. The summed E-state index contributed by atoms with van der Waals surface area (Å²) in [5.74, 6) is 0.880. The Balaban J connectivity index is 1.39. The lowest BCUT2D eigenvalue weighted by Gasteiger charge is -2.40. The third kappa shape index (κ3) is 4.67. The third-order valence-electron chi connectivity index (χ3n) is 6.29. The van der Waals surface area contributed by atoms with Crippen LogP contribution in [0.1, 0.15) is 40.2 Å². The molecule has 2 saturated heterocycles. The average Bonchev–Trinajstić information content (AvgIpc) is 3.42. The van der Waals surface area contributed by atoms with Crippen molar-refractivity contribution in [2.75, 3.05) is 46.9 Å². The molecule has 9 heteroatoms. The van der Waals surface area contributed by atoms with Gasteiger partial charge in [-0.15, -0.1) is 0 Å². The zero-order chi connectivity index (χ0) is 23.4. The Morgan fingerprint density at radius 1 is 0.879 bits per heavy atom. The Morgan fingerprint density at radius 3 is 2.27 bits per heavy atom. The minimum Gasteiger partial charge on any atom is -0.493 e. The van der Waals surface area contributed by atoms with E-state index in [0.717, 1.165) is 12.8 Å². The first kappa shape index (κ1) is 22.7. The van der Waals surface area contributed by atoms with Gasteiger partial charge in [-0.2, -0.15) is 0 Å². The summed E-state index contributed by atoms with van der Waals surface area (Å²) in [6, 6.07) is 7.88. The fourth-order valence-electron chi connectivity index (χ4n) is 4.47. The highest BCUT2D eigenvalue weighted by molar-refractivity contribution is 5.96. The number of piperazine rings is 1. The Morgan fingerprint density at radius 2 is 1.61 bits per heavy atom. The van der Waals surface area contributed by atoms with E-state index in [2.05, 4.69) is 0 Å². The van der Waals surface area contributed by atoms with Crippen molar-refractivity contribution in [3.05, 3.63) is 47.9 Å². The van der Waals surface area contributed by atoms with E-state index in [1.54, 1.807) is 52.1 Å². The molecule has 9 nitrogen and oxygen atoms in total. The molecule has 3 amide bonds. The van der Waals surface area contributed by atoms with Gasteiger partial charge in [0.2, 0.25) is 5.91 Å². The molecule has 0 spiro atoms. The highest BCUT2D eigenvalue weighted by atomic mass is 16.5. The normalized spacial score (nSPS) is 18.7. The number of nitrogens with zero attached hydrogens (tertiary/aromatic N) is 3. The number of amides is 3. The number of methoxy groups -OCH3 is 2. The zero-order valence-electron chi connectivity index (χ0n) is 19.0. The molecular formula is C24H29N3O6. The van der Waals surface area contributed by atoms with Gasteiger partial charge in [-0.25, -0.2) is 0 Å². The molecule has 33 heavy (non-hydrogen) atoms. The molecule has 2 aliphatic heterocycles. The maximum atomic E-state index is 13.3. The van der Waals surface area contributed by atoms with Crippen molar-refractivity contribution in [1.29, 1.82) is 0 Å². The molecule has 0 radical (unpaired) electrons. The first-order chi connectivity index (χ1) is 16.0. The van der Waals surface area contributed by atoms with E-state index in [9.17, 15) is 14.4 Å². The minimum atomic E-state index is -0.496. The van der Waals surface area contributed by atoms with Gasteiger partial charge in [-0.3, -0.25) is 14.4 Å². The quantitative estimate of drug-likeness (QED) is 0.687. The lowest BCUT2D eigenvalue weighted by atomic mass is 10.00. The standard InChI is InChI=1S/C24H29N3O6/c1-31-19-9-8-17(16-21(19)32-2)22(28)25-11-13-26(14-12-25)23(29)18-6-3-4-10-27(18)24(30)20-7-5-15-33-20/h5,7-9,15-16,18H,3-4,6,10-14H2,1-2H3. The van der Waals surface area contributed by atoms with E-state index in [0.29, 0.717) is 56.2 Å². The molecule has 2 aliphatic rings. The second-order valence-electron chi connectivity index (χ2n) is 8.17. The van der Waals surface area contributed by atoms with Crippen LogP contribution >= 0.6 is 0 Å². The van der Waals surface area contributed by atoms with Crippen molar-refractivity contribution in [2.45, 2.75) is 25.3 Å². The van der Waals surface area contributed by atoms with Gasteiger partial charge in [0.25, 0.3) is 11.8 Å². The van der Waals surface area contributed by atoms with Gasteiger partial charge in [0.05, 0.1) is 20.5 Å². The molecule has 1 aromatic carbocycles. The van der Waals surface area contributed by atoms with E-state index in [4.69, 9.17) is 13.9 Å². The number of carbonyl (C=O) groups excluding carboxylic acids is 3. The summed E-state index contributed by atoms with van der Waals surface area (Å²) in [7, 11) is 3.08. The van der Waals surface area contributed by atoms with Crippen LogP contribution in [0.5, 0.6) is 11.5 Å². The van der Waals surface area contributed by atoms with Crippen molar-refractivity contribution in [1.82, 2.24) is 14.7 Å². The predicted octanol–water partition coefficient (Wildman–Crippen LogP) is 2.28. The molecule has 4 rings (SSSR count). The number of hydrogen-bond donors (Lipinski definition) is 0. The molecule has 1 atom stereocenters. The molecule has 1 aromatic heterocycles. The summed E-state index contributed by atoms with van der Waals surface area (Å²) < 4.78 is 15.8. The van der Waals surface area contributed by atoms with E-state index in [1.807, 2.05) is 0 Å². The molecule has 1 unspecified atom stereocenters. The molecular weight excluding hydrogens is 426 g/mol. The highest BCUT2D eigenvalue weighted by Crippen LogP contribution is 2.28. The van der Waals surface area contributed by atoms with Crippen LogP contribution in [0.25, 0.3) is 0 Å². The number of hydrogen-bond acceptors (Lipinski definition) is 6. The maximum Gasteiger partial charge on any atom is 0.290 e. The molecule has 0 N–H and O–H groups in total. The van der Waals surface area contributed by atoms with Crippen LogP contribution < -0.4 is 9.47 Å². The van der Waals surface area contributed by atoms with Crippen LogP contribution in [0.15, 0.2) is 41.0 Å². The lowest BCUT2D eigenvalue weighted by molar-refractivity contribution is -0.138. The first-order valence-corrected chi connectivity index (χ1v) is 11.2. The van der Waals surface area contributed by atoms with E-state index >= 15 is 0 Å². The van der Waals surface area contributed by atoms with Crippen LogP contribution in [0.3, 0.4) is 0 Å². The molecule has 3 heterocycles. The number of ether oxygens (including phenoxy) is 2. The fraction of sp³-hybridized carbons (Fsp3) is 0.458. The number of carbonyl (C=O) groups is 3. The van der Waals surface area contributed by atoms with Crippen molar-refractivity contribution in [3.63, 3.8) is 0 Å². The van der Waals surface area contributed by atoms with Gasteiger partial charge in [0, 0.05) is 38.3 Å². The Labute approximate surface area is 192 Å². The molecule has 0 aliphatic carbocycles. The van der Waals surface area contributed by atoms with Gasteiger partial charge in [-0.1, -0.05) is 0 Å². The molecule has 0 saturated carbocycles. The Hall–Kier alpha value is -3.49. The topological polar surface area (TPSA) is 92.5 Å². The minimum absolute atomic E-state index is 0.0622. The largest absolute Gasteiger partial charge is 0.493 e. The van der Waals surface area contributed by atoms with Gasteiger partial charge in [-0.05, 0) is 49.6 Å². The van der Waals surface area contributed by atoms with Gasteiger partial charge in [0.1, 0.15) is 6.04 Å². The molecule has 176 valence electrons. The first-order valence-electron chi connectivity index (χ1n) is 11.2. The number of benzene rings is 1. The predicted molar refractivity (Wildman–Crippen MR) is 119 cm³/mol. The summed E-state index contributed by atoms with van der Waals surface area (Å²) in [6.07, 6.45) is 3.86. The lowest BCUT2D eigenvalue weighted by Crippen LogP contribution is -2.57. The van der Waals surface area contributed by atoms with Crippen LogP contribution in [0, 0.1) is 0 Å². The fourth-order valence-corrected chi connectivity index (χ4v) is 4.47. The third-order valence-corrected chi connectivity index (χ3v) is 6.29. The summed E-state index contributed by atoms with van der Waals surface area (Å²) in [6.45, 7) is 2.25. The van der Waals surface area contributed by atoms with Crippen LogP contribution in [-0.2, 0) is 4.79 Å². The number of piperidine rings is 1. The highest BCUT2D eigenvalue weighted by Gasteiger charge is 2.37. The number of likely N-dealkylation sites (tertiary alicyclic amines) is 1. The van der Waals surface area contributed by atoms with E-state index < -0.39 is 6.04 Å². The van der Waals surface area contributed by atoms with Gasteiger partial charge >= 0.3 is 0 Å². The van der Waals surface area contributed by atoms with Gasteiger partial charge in [0.15, 0.2) is 17.3 Å². The van der Waals surface area contributed by atoms with Crippen molar-refractivity contribution in [3.8, 4) is 11.5 Å². The summed E-state index contributed by atoms with van der Waals surface area (Å²) in [4.78, 5) is 44.3. The number of furan rings is 1. The zero-order valence-corrected chi connectivity index (χ0v) is 19.0. The Bertz CT molecular complexity index is 998. The van der Waals surface area contributed by atoms with Crippen molar-refractivity contribution in [2.24, 2.45) is 0 Å². The van der Waals surface area contributed by atoms with Crippen LogP contribution in [-0.4, -0.2) is 85.4 Å². The molecule has 2 fully saturated rings. The van der Waals surface area contributed by atoms with Crippen molar-refractivity contribution >= 4 is 17.7 Å². The van der Waals surface area contributed by atoms with Crippen LogP contribution in [0.2, 0.25) is 0 Å². The second kappa shape index (κ2) is 9.97. The number of rotatable bonds is 5. The van der Waals surface area contributed by atoms with E-state index in [1.165, 1.54) is 13.4 Å². The monoisotopic (exact) mass is 455 g/mol. The summed E-state index contributed by atoms with van der Waals surface area (Å²) in [5.41, 5.74) is 0.509. The smallest absolute Gasteiger partial charge is 0.290 e. The molecule has 2 aromatic rings. The van der Waals surface area contributed by atoms with Crippen LogP contribution in [0.4, 0.5) is 0 Å². The second-order valence-corrected chi connectivity index (χ2v) is 8.17. The maximum absolute atomic E-state index is 13.3. The summed E-state index contributed by atoms with van der Waals surface area (Å²) in [5, 5.41) is 0. The average molecular weight is 456 g/mol. The molecule has 0 bridgehead atoms. The van der Waals surface area contributed by atoms with E-state index in [-0.39, 0.29) is 23.5 Å². The SMILES string of the molecule is COc1ccc(C(=O)N2CCN(C(=O)C3CCCCN3C(=O)c3ccco3)CC2)cc1OC.